The van der Waals surface area contributed by atoms with Gasteiger partial charge < -0.3 is 15.3 Å². The van der Waals surface area contributed by atoms with Gasteiger partial charge in [0.15, 0.2) is 0 Å². The molecule has 1 spiro atoms. The largest absolute Gasteiger partial charge is 0.393 e. The molecule has 206 valence electrons. The van der Waals surface area contributed by atoms with E-state index in [1.54, 1.807) is 0 Å². The van der Waals surface area contributed by atoms with Crippen LogP contribution in [0.4, 0.5) is 0 Å². The van der Waals surface area contributed by atoms with Gasteiger partial charge in [-0.2, -0.15) is 0 Å². The first-order valence-electron chi connectivity index (χ1n) is 16.7. The lowest BCUT2D eigenvalue weighted by Crippen LogP contribution is -2.71. The number of nitrogens with zero attached hydrogens (tertiary/aromatic N) is 1. The quantitative estimate of drug-likeness (QED) is 0.437. The maximum Gasteiger partial charge on any atom is 0.0836 e. The monoisotopic (exact) mass is 509 g/mol. The molecular formula is C33H51NO3. The third-order valence-corrected chi connectivity index (χ3v) is 15.9. The lowest BCUT2D eigenvalue weighted by Gasteiger charge is -2.71. The minimum atomic E-state index is -0.453. The summed E-state index contributed by atoms with van der Waals surface area (Å²) < 4.78 is 0. The lowest BCUT2D eigenvalue weighted by atomic mass is 9.34. The fraction of sp³-hybridized carbons (Fsp3) is 1.00. The van der Waals surface area contributed by atoms with E-state index in [1.165, 1.54) is 77.3 Å². The SMILES string of the molecule is C[C@H]1CC[C@@H]2N(C1)C[C@H]1[C@H]3C[C@H]4[C@]5(CC[C@H]6CC[C@@H]7[C@H]([C@@H](O)C5)[C@@]64CC[C@@H]7O)[C@@H]3C[C@H]3CCC[C@]2(O)[C@@H]31. The van der Waals surface area contributed by atoms with Gasteiger partial charge in [0.1, 0.15) is 0 Å². The normalized spacial score (nSPS) is 65.7. The van der Waals surface area contributed by atoms with Crippen LogP contribution in [0.3, 0.4) is 0 Å². The van der Waals surface area contributed by atoms with E-state index < -0.39 is 5.60 Å². The Morgan fingerprint density at radius 2 is 1.65 bits per heavy atom. The van der Waals surface area contributed by atoms with E-state index in [4.69, 9.17) is 0 Å². The van der Waals surface area contributed by atoms with Crippen molar-refractivity contribution in [3.8, 4) is 0 Å². The molecule has 9 rings (SSSR count). The topological polar surface area (TPSA) is 63.9 Å². The van der Waals surface area contributed by atoms with Gasteiger partial charge in [-0.25, -0.2) is 0 Å². The molecule has 0 amide bonds. The van der Waals surface area contributed by atoms with Crippen molar-refractivity contribution in [1.29, 1.82) is 0 Å². The van der Waals surface area contributed by atoms with E-state index in [1.807, 2.05) is 0 Å². The van der Waals surface area contributed by atoms with Gasteiger partial charge in [-0.15, -0.1) is 0 Å². The molecule has 0 radical (unpaired) electrons. The molecule has 3 bridgehead atoms. The van der Waals surface area contributed by atoms with Crippen LogP contribution in [0.25, 0.3) is 0 Å². The maximum atomic E-state index is 12.6. The fourth-order valence-electron chi connectivity index (χ4n) is 15.3. The van der Waals surface area contributed by atoms with E-state index in [9.17, 15) is 15.3 Å². The van der Waals surface area contributed by atoms with Gasteiger partial charge in [-0.1, -0.05) is 13.3 Å². The smallest absolute Gasteiger partial charge is 0.0836 e. The summed E-state index contributed by atoms with van der Waals surface area (Å²) in [6, 6.07) is 0.408. The average Bonchev–Trinajstić information content (AvgIpc) is 3.21. The molecule has 7 aliphatic carbocycles. The minimum absolute atomic E-state index is 0.182. The van der Waals surface area contributed by atoms with Crippen LogP contribution in [-0.4, -0.2) is 57.2 Å². The van der Waals surface area contributed by atoms with E-state index in [2.05, 4.69) is 11.8 Å². The summed E-state index contributed by atoms with van der Waals surface area (Å²) in [5.41, 5.74) is 0.188. The molecular weight excluding hydrogens is 458 g/mol. The molecule has 9 aliphatic rings. The van der Waals surface area contributed by atoms with Crippen LogP contribution in [0.15, 0.2) is 0 Å². The summed E-state index contributed by atoms with van der Waals surface area (Å²) in [4.78, 5) is 2.79. The van der Waals surface area contributed by atoms with Crippen molar-refractivity contribution in [2.24, 2.45) is 70.0 Å². The molecule has 37 heavy (non-hydrogen) atoms. The number of aliphatic hydroxyl groups is 3. The number of fused-ring (bicyclic) bond motifs is 4. The number of aliphatic hydroxyl groups excluding tert-OH is 2. The highest BCUT2D eigenvalue weighted by Gasteiger charge is 2.76. The van der Waals surface area contributed by atoms with Gasteiger partial charge >= 0.3 is 0 Å². The second-order valence-electron chi connectivity index (χ2n) is 16.5. The standard InChI is InChI=1S/C33H51NO3/c1-18-4-7-28-33(37)10-2-3-19-13-24-22(23(29(19)33)17-34(28)16-18)14-27-31(24)11-8-20-5-6-21-25(35)9-12-32(20,27)30(21)26(36)15-31/h18-30,35-37H,2-17H2,1H3/t18-,19+,20+,21-,22+,23-,24+,25-,26-,27-,28-,29-,30+,31-,32-,33+/m0/s1. The van der Waals surface area contributed by atoms with Crippen molar-refractivity contribution < 1.29 is 15.3 Å². The van der Waals surface area contributed by atoms with Gasteiger partial charge in [0.25, 0.3) is 0 Å². The molecule has 7 saturated carbocycles. The molecule has 9 fully saturated rings. The molecule has 0 aromatic carbocycles. The van der Waals surface area contributed by atoms with Crippen LogP contribution in [-0.2, 0) is 0 Å². The van der Waals surface area contributed by atoms with Crippen LogP contribution < -0.4 is 0 Å². The number of rotatable bonds is 0. The zero-order valence-corrected chi connectivity index (χ0v) is 23.1. The van der Waals surface area contributed by atoms with Gasteiger partial charge in [0.05, 0.1) is 17.8 Å². The second kappa shape index (κ2) is 7.56. The van der Waals surface area contributed by atoms with Crippen LogP contribution in [0, 0.1) is 70.0 Å². The zero-order valence-electron chi connectivity index (χ0n) is 23.1. The van der Waals surface area contributed by atoms with Crippen LogP contribution >= 0.6 is 0 Å². The molecule has 2 heterocycles. The molecule has 2 aliphatic heterocycles. The Morgan fingerprint density at radius 3 is 2.54 bits per heavy atom. The zero-order chi connectivity index (χ0) is 24.9. The first-order valence-corrected chi connectivity index (χ1v) is 16.7. The summed E-state index contributed by atoms with van der Waals surface area (Å²) in [7, 11) is 0. The van der Waals surface area contributed by atoms with E-state index in [-0.39, 0.29) is 12.2 Å². The Hall–Kier alpha value is -0.160. The third kappa shape index (κ3) is 2.68. The summed E-state index contributed by atoms with van der Waals surface area (Å²) in [6.45, 7) is 4.87. The van der Waals surface area contributed by atoms with Crippen molar-refractivity contribution in [2.45, 2.75) is 121 Å². The predicted molar refractivity (Wildman–Crippen MR) is 142 cm³/mol. The van der Waals surface area contributed by atoms with Crippen LogP contribution in [0.5, 0.6) is 0 Å². The molecule has 4 heteroatoms. The molecule has 0 unspecified atom stereocenters. The molecule has 0 aromatic heterocycles. The Balaban J connectivity index is 1.15. The van der Waals surface area contributed by atoms with Crippen molar-refractivity contribution in [3.05, 3.63) is 0 Å². The summed E-state index contributed by atoms with van der Waals surface area (Å²) in [5.74, 6) is 6.42. The van der Waals surface area contributed by atoms with Crippen molar-refractivity contribution in [3.63, 3.8) is 0 Å². The van der Waals surface area contributed by atoms with Gasteiger partial charge in [0.2, 0.25) is 0 Å². The molecule has 3 N–H and O–H groups in total. The molecule has 4 nitrogen and oxygen atoms in total. The Morgan fingerprint density at radius 1 is 0.757 bits per heavy atom. The van der Waals surface area contributed by atoms with Crippen LogP contribution in [0.1, 0.15) is 96.8 Å². The molecule has 16 atom stereocenters. The molecule has 2 saturated heterocycles. The van der Waals surface area contributed by atoms with Crippen molar-refractivity contribution in [2.75, 3.05) is 13.1 Å². The highest BCUT2D eigenvalue weighted by atomic mass is 16.3. The highest BCUT2D eigenvalue weighted by molar-refractivity contribution is 5.25. The van der Waals surface area contributed by atoms with E-state index in [0.29, 0.717) is 46.5 Å². The summed E-state index contributed by atoms with van der Waals surface area (Å²) in [5, 5.41) is 35.6. The summed E-state index contributed by atoms with van der Waals surface area (Å²) >= 11 is 0. The lowest BCUT2D eigenvalue weighted by molar-refractivity contribution is -0.266. The van der Waals surface area contributed by atoms with Gasteiger partial charge in [0, 0.05) is 19.1 Å². The van der Waals surface area contributed by atoms with Gasteiger partial charge in [-0.3, -0.25) is 4.90 Å². The minimum Gasteiger partial charge on any atom is -0.393 e. The third-order valence-electron chi connectivity index (χ3n) is 15.9. The second-order valence-corrected chi connectivity index (χ2v) is 16.5. The van der Waals surface area contributed by atoms with Crippen molar-refractivity contribution >= 4 is 0 Å². The number of piperidine rings is 2. The Bertz CT molecular complexity index is 971. The Labute approximate surface area is 224 Å². The number of hydrogen-bond acceptors (Lipinski definition) is 4. The predicted octanol–water partition coefficient (Wildman–Crippen LogP) is 4.85. The summed E-state index contributed by atoms with van der Waals surface area (Å²) in [6.07, 6.45) is 16.8. The van der Waals surface area contributed by atoms with Crippen molar-refractivity contribution in [1.82, 2.24) is 4.90 Å². The molecule has 0 aromatic rings. The van der Waals surface area contributed by atoms with Crippen LogP contribution in [0.2, 0.25) is 0 Å². The first kappa shape index (κ1) is 23.5. The highest BCUT2D eigenvalue weighted by Crippen LogP contribution is 2.80. The fourth-order valence-corrected chi connectivity index (χ4v) is 15.3. The first-order chi connectivity index (χ1) is 17.9. The maximum absolute atomic E-state index is 12.6. The Kier molecular flexibility index (Phi) is 4.81. The van der Waals surface area contributed by atoms with E-state index >= 15 is 0 Å². The average molecular weight is 510 g/mol. The van der Waals surface area contributed by atoms with Gasteiger partial charge in [-0.05, 0) is 153 Å². The van der Waals surface area contributed by atoms with E-state index in [0.717, 1.165) is 55.3 Å². The number of hydrogen-bond donors (Lipinski definition) is 3.